The molecule has 0 aromatic carbocycles. The first-order valence-electron chi connectivity index (χ1n) is 9.09. The van der Waals surface area contributed by atoms with Crippen molar-refractivity contribution in [2.75, 3.05) is 0 Å². The Morgan fingerprint density at radius 2 is 1.23 bits per heavy atom. The Morgan fingerprint density at radius 3 is 1.73 bits per heavy atom. The van der Waals surface area contributed by atoms with Gasteiger partial charge in [-0.25, -0.2) is 28.2 Å². The van der Waals surface area contributed by atoms with Crippen molar-refractivity contribution < 1.29 is 9.13 Å². The van der Waals surface area contributed by atoms with Crippen LogP contribution in [0.15, 0.2) is 49.6 Å². The molecule has 0 aliphatic carbocycles. The van der Waals surface area contributed by atoms with Crippen LogP contribution in [0, 0.1) is 0 Å². The average Bonchev–Trinajstić information content (AvgIpc) is 3.42. The number of aryl methyl sites for hydroxylation is 6. The molecule has 0 atom stereocenters. The molecular weight excluding hydrogens is 328 g/mol. The maximum atomic E-state index is 4.57. The van der Waals surface area contributed by atoms with E-state index >= 15 is 0 Å². The van der Waals surface area contributed by atoms with Crippen molar-refractivity contribution in [3.8, 4) is 23.3 Å². The second kappa shape index (κ2) is 5.17. The summed E-state index contributed by atoms with van der Waals surface area (Å²) in [4.78, 5) is 9.13. The molecule has 0 fully saturated rings. The van der Waals surface area contributed by atoms with Crippen LogP contribution in [-0.4, -0.2) is 28.2 Å². The second-order valence-electron chi connectivity index (χ2n) is 6.91. The third kappa shape index (κ3) is 1.89. The molecule has 0 amide bonds. The molecule has 6 heterocycles. The summed E-state index contributed by atoms with van der Waals surface area (Å²) < 4.78 is 13.7. The normalized spacial score (nSPS) is 14.6. The lowest BCUT2D eigenvalue weighted by molar-refractivity contribution is -0.690. The van der Waals surface area contributed by atoms with Gasteiger partial charge in [0.05, 0.1) is 13.1 Å². The van der Waals surface area contributed by atoms with Crippen LogP contribution >= 0.6 is 0 Å². The fourth-order valence-electron chi connectivity index (χ4n) is 4.21. The summed E-state index contributed by atoms with van der Waals surface area (Å²) in [5.41, 5.74) is 0. The van der Waals surface area contributed by atoms with E-state index in [1.165, 1.54) is 11.6 Å². The van der Waals surface area contributed by atoms with Gasteiger partial charge in [-0.05, 0) is 0 Å². The summed E-state index contributed by atoms with van der Waals surface area (Å²) in [6.45, 7) is 5.77. The van der Waals surface area contributed by atoms with Gasteiger partial charge in [-0.3, -0.25) is 0 Å². The number of hydrogen-bond acceptors (Lipinski definition) is 2. The summed E-state index contributed by atoms with van der Waals surface area (Å²) in [5, 5.41) is 0. The van der Waals surface area contributed by atoms with E-state index in [2.05, 4.69) is 74.6 Å². The number of fused-ring (bicyclic) bond motifs is 6. The van der Waals surface area contributed by atoms with E-state index in [1.807, 2.05) is 12.4 Å². The molecule has 4 aromatic rings. The van der Waals surface area contributed by atoms with Crippen LogP contribution < -0.4 is 9.13 Å². The van der Waals surface area contributed by atoms with Gasteiger partial charge < -0.3 is 9.13 Å². The van der Waals surface area contributed by atoms with Crippen molar-refractivity contribution in [1.82, 2.24) is 28.2 Å². The summed E-state index contributed by atoms with van der Waals surface area (Å²) in [7, 11) is 0. The predicted molar refractivity (Wildman–Crippen MR) is 91.7 cm³/mol. The zero-order valence-corrected chi connectivity index (χ0v) is 14.4. The van der Waals surface area contributed by atoms with E-state index in [0.717, 1.165) is 50.9 Å². The highest BCUT2D eigenvalue weighted by molar-refractivity contribution is 5.42. The van der Waals surface area contributed by atoms with Crippen molar-refractivity contribution in [2.24, 2.45) is 0 Å². The molecular formula is C18H20N8+2. The molecule has 6 rings (SSSR count). The lowest BCUT2D eigenvalue weighted by Crippen LogP contribution is -2.41. The highest BCUT2D eigenvalue weighted by atomic mass is 15.3. The van der Waals surface area contributed by atoms with Gasteiger partial charge in [0.15, 0.2) is 0 Å². The van der Waals surface area contributed by atoms with E-state index < -0.39 is 0 Å². The van der Waals surface area contributed by atoms with Crippen molar-refractivity contribution >= 4 is 0 Å². The van der Waals surface area contributed by atoms with E-state index in [-0.39, 0.29) is 0 Å². The average molecular weight is 348 g/mol. The molecule has 0 bridgehead atoms. The minimum Gasteiger partial charge on any atom is -0.321 e. The maximum Gasteiger partial charge on any atom is 0.325 e. The SMILES string of the molecule is c1cn2c(n1)-c1n(CCn3cc[n+]4c3-c3nccn3CC4)cc[n+]1CC2. The van der Waals surface area contributed by atoms with Crippen LogP contribution in [0.25, 0.3) is 23.3 Å². The fourth-order valence-corrected chi connectivity index (χ4v) is 4.21. The Balaban J connectivity index is 1.34. The lowest BCUT2D eigenvalue weighted by atomic mass is 10.4. The third-order valence-electron chi connectivity index (χ3n) is 5.52. The number of aromatic nitrogens is 8. The molecule has 0 unspecified atom stereocenters. The quantitative estimate of drug-likeness (QED) is 0.501. The summed E-state index contributed by atoms with van der Waals surface area (Å²) in [5.74, 6) is 4.49. The molecule has 2 aliphatic rings. The Labute approximate surface area is 150 Å². The van der Waals surface area contributed by atoms with Crippen LogP contribution in [-0.2, 0) is 39.3 Å². The summed E-state index contributed by atoms with van der Waals surface area (Å²) in [6, 6.07) is 0. The van der Waals surface area contributed by atoms with Gasteiger partial charge in [-0.2, -0.15) is 0 Å². The van der Waals surface area contributed by atoms with E-state index in [9.17, 15) is 0 Å². The largest absolute Gasteiger partial charge is 0.325 e. The number of nitrogens with zero attached hydrogens (tertiary/aromatic N) is 8. The zero-order chi connectivity index (χ0) is 17.1. The fraction of sp³-hybridized carbons (Fsp3) is 0.333. The van der Waals surface area contributed by atoms with Crippen molar-refractivity contribution in [3.63, 3.8) is 0 Å². The maximum absolute atomic E-state index is 4.57. The van der Waals surface area contributed by atoms with Crippen molar-refractivity contribution in [2.45, 2.75) is 39.3 Å². The Hall–Kier alpha value is -3.16. The molecule has 26 heavy (non-hydrogen) atoms. The van der Waals surface area contributed by atoms with E-state index in [4.69, 9.17) is 0 Å². The lowest BCUT2D eigenvalue weighted by Gasteiger charge is -2.13. The van der Waals surface area contributed by atoms with Gasteiger partial charge in [-0.1, -0.05) is 0 Å². The zero-order valence-electron chi connectivity index (χ0n) is 14.4. The topological polar surface area (TPSA) is 53.3 Å². The minimum atomic E-state index is 0.900. The first-order valence-corrected chi connectivity index (χ1v) is 9.09. The molecule has 0 spiro atoms. The van der Waals surface area contributed by atoms with Crippen LogP contribution in [0.1, 0.15) is 0 Å². The van der Waals surface area contributed by atoms with Crippen LogP contribution in [0.5, 0.6) is 0 Å². The Morgan fingerprint density at radius 1 is 0.731 bits per heavy atom. The third-order valence-corrected chi connectivity index (χ3v) is 5.52. The van der Waals surface area contributed by atoms with Gasteiger partial charge in [0.2, 0.25) is 11.6 Å². The first kappa shape index (κ1) is 14.1. The standard InChI is InChI=1S/C18H20N8/c1-3-21-5-7-23-9-11-25(17(23)15(21)19-1)13-14-26-12-10-24-8-6-22-4-2-20-16(22)18(24)26/h1-4,9-12H,5-8,13-14H2/q+2. The molecule has 8 heteroatoms. The molecule has 0 saturated carbocycles. The molecule has 130 valence electrons. The minimum absolute atomic E-state index is 0.900. The smallest absolute Gasteiger partial charge is 0.321 e. The highest BCUT2D eigenvalue weighted by Gasteiger charge is 2.30. The van der Waals surface area contributed by atoms with Crippen molar-refractivity contribution in [3.05, 3.63) is 49.6 Å². The van der Waals surface area contributed by atoms with Gasteiger partial charge in [-0.15, -0.1) is 0 Å². The molecule has 2 aliphatic heterocycles. The van der Waals surface area contributed by atoms with Crippen LogP contribution in [0.4, 0.5) is 0 Å². The Bertz CT molecular complexity index is 1020. The highest BCUT2D eigenvalue weighted by Crippen LogP contribution is 2.20. The second-order valence-corrected chi connectivity index (χ2v) is 6.91. The van der Waals surface area contributed by atoms with Crippen LogP contribution in [0.3, 0.4) is 0 Å². The summed E-state index contributed by atoms with van der Waals surface area (Å²) in [6.07, 6.45) is 16.6. The Kier molecular flexibility index (Phi) is 2.79. The first-order chi connectivity index (χ1) is 12.9. The predicted octanol–water partition coefficient (Wildman–Crippen LogP) is 0.319. The number of rotatable bonds is 3. The van der Waals surface area contributed by atoms with Gasteiger partial charge >= 0.3 is 11.6 Å². The monoisotopic (exact) mass is 348 g/mol. The van der Waals surface area contributed by atoms with Crippen LogP contribution in [0.2, 0.25) is 0 Å². The molecule has 0 N–H and O–H groups in total. The van der Waals surface area contributed by atoms with E-state index in [1.54, 1.807) is 0 Å². The molecule has 4 aromatic heterocycles. The van der Waals surface area contributed by atoms with Gasteiger partial charge in [0.1, 0.15) is 51.0 Å². The summed E-state index contributed by atoms with van der Waals surface area (Å²) >= 11 is 0. The molecule has 0 radical (unpaired) electrons. The molecule has 8 nitrogen and oxygen atoms in total. The number of imidazole rings is 4. The van der Waals surface area contributed by atoms with Gasteiger partial charge in [0.25, 0.3) is 0 Å². The van der Waals surface area contributed by atoms with E-state index in [0.29, 0.717) is 0 Å². The molecule has 0 saturated heterocycles. The van der Waals surface area contributed by atoms with Crippen molar-refractivity contribution in [1.29, 1.82) is 0 Å². The van der Waals surface area contributed by atoms with Gasteiger partial charge in [0, 0.05) is 24.8 Å². The number of hydrogen-bond donors (Lipinski definition) is 0.